The number of amides is 1. The molecule has 0 spiro atoms. The van der Waals surface area contributed by atoms with E-state index in [4.69, 9.17) is 10.5 Å². The molecular formula is C14H22N2O3S. The molecule has 0 radical (unpaired) electrons. The first kappa shape index (κ1) is 15.4. The Balaban J connectivity index is 2.01. The normalized spacial score (nSPS) is 22.6. The molecule has 5 nitrogen and oxygen atoms in total. The van der Waals surface area contributed by atoms with Crippen molar-refractivity contribution >= 4 is 17.2 Å². The minimum absolute atomic E-state index is 0.0548. The van der Waals surface area contributed by atoms with Gasteiger partial charge in [-0.15, -0.1) is 11.3 Å². The maximum Gasteiger partial charge on any atom is 0.227 e. The highest BCUT2D eigenvalue weighted by atomic mass is 32.1. The SMILES string of the molecule is CC(CN)C(=O)N1CCOCC1CC(O)c1cccs1. The minimum atomic E-state index is -0.551. The molecule has 1 aliphatic heterocycles. The van der Waals surface area contributed by atoms with Crippen molar-refractivity contribution in [3.8, 4) is 0 Å². The zero-order valence-corrected chi connectivity index (χ0v) is 12.5. The first-order chi connectivity index (χ1) is 9.63. The van der Waals surface area contributed by atoms with Crippen LogP contribution in [0.5, 0.6) is 0 Å². The van der Waals surface area contributed by atoms with E-state index >= 15 is 0 Å². The molecule has 0 aromatic carbocycles. The number of ether oxygens (including phenoxy) is 1. The van der Waals surface area contributed by atoms with Crippen LogP contribution in [0.3, 0.4) is 0 Å². The van der Waals surface area contributed by atoms with E-state index in [9.17, 15) is 9.90 Å². The number of nitrogens with two attached hydrogens (primary N) is 1. The fourth-order valence-corrected chi connectivity index (χ4v) is 3.10. The highest BCUT2D eigenvalue weighted by Crippen LogP contribution is 2.26. The highest BCUT2D eigenvalue weighted by Gasteiger charge is 2.31. The van der Waals surface area contributed by atoms with Gasteiger partial charge in [-0.25, -0.2) is 0 Å². The van der Waals surface area contributed by atoms with Crippen LogP contribution >= 0.6 is 11.3 Å². The van der Waals surface area contributed by atoms with Crippen LogP contribution in [0.25, 0.3) is 0 Å². The predicted molar refractivity (Wildman–Crippen MR) is 78.4 cm³/mol. The van der Waals surface area contributed by atoms with Gasteiger partial charge in [-0.2, -0.15) is 0 Å². The lowest BCUT2D eigenvalue weighted by molar-refractivity contribution is -0.144. The van der Waals surface area contributed by atoms with E-state index in [1.54, 1.807) is 0 Å². The Hall–Kier alpha value is -0.950. The Bertz CT molecular complexity index is 424. The number of thiophene rings is 1. The van der Waals surface area contributed by atoms with Crippen LogP contribution in [0.4, 0.5) is 0 Å². The van der Waals surface area contributed by atoms with E-state index in [0.717, 1.165) is 4.88 Å². The Labute approximate surface area is 123 Å². The molecule has 0 bridgehead atoms. The maximum absolute atomic E-state index is 12.3. The number of carbonyl (C=O) groups is 1. The second-order valence-corrected chi connectivity index (χ2v) is 6.14. The summed E-state index contributed by atoms with van der Waals surface area (Å²) in [4.78, 5) is 15.1. The van der Waals surface area contributed by atoms with Crippen molar-refractivity contribution in [3.63, 3.8) is 0 Å². The molecule has 1 fully saturated rings. The summed E-state index contributed by atoms with van der Waals surface area (Å²) in [5.41, 5.74) is 5.58. The third-order valence-electron chi connectivity index (χ3n) is 3.65. The van der Waals surface area contributed by atoms with Gasteiger partial charge in [-0.3, -0.25) is 4.79 Å². The van der Waals surface area contributed by atoms with E-state index in [1.165, 1.54) is 11.3 Å². The van der Waals surface area contributed by atoms with Crippen molar-refractivity contribution in [3.05, 3.63) is 22.4 Å². The van der Waals surface area contributed by atoms with Gasteiger partial charge in [-0.05, 0) is 11.4 Å². The van der Waals surface area contributed by atoms with E-state index in [1.807, 2.05) is 29.3 Å². The fraction of sp³-hybridized carbons (Fsp3) is 0.643. The van der Waals surface area contributed by atoms with E-state index in [0.29, 0.717) is 32.7 Å². The fourth-order valence-electron chi connectivity index (χ4n) is 2.38. The van der Waals surface area contributed by atoms with Gasteiger partial charge >= 0.3 is 0 Å². The van der Waals surface area contributed by atoms with Crippen molar-refractivity contribution < 1.29 is 14.6 Å². The zero-order chi connectivity index (χ0) is 14.5. The molecule has 1 amide bonds. The smallest absolute Gasteiger partial charge is 0.227 e. The monoisotopic (exact) mass is 298 g/mol. The van der Waals surface area contributed by atoms with Gasteiger partial charge in [0.2, 0.25) is 5.91 Å². The summed E-state index contributed by atoms with van der Waals surface area (Å²) >= 11 is 1.53. The van der Waals surface area contributed by atoms with Crippen molar-refractivity contribution in [2.75, 3.05) is 26.3 Å². The Morgan fingerprint density at radius 3 is 3.15 bits per heavy atom. The van der Waals surface area contributed by atoms with Crippen LogP contribution in [-0.2, 0) is 9.53 Å². The molecule has 112 valence electrons. The van der Waals surface area contributed by atoms with Crippen molar-refractivity contribution in [2.45, 2.75) is 25.5 Å². The van der Waals surface area contributed by atoms with E-state index in [-0.39, 0.29) is 17.9 Å². The Morgan fingerprint density at radius 2 is 2.50 bits per heavy atom. The quantitative estimate of drug-likeness (QED) is 0.850. The summed E-state index contributed by atoms with van der Waals surface area (Å²) in [5, 5.41) is 12.2. The number of aliphatic hydroxyl groups excluding tert-OH is 1. The van der Waals surface area contributed by atoms with Gasteiger partial charge in [0.05, 0.1) is 25.4 Å². The lowest BCUT2D eigenvalue weighted by Gasteiger charge is -2.37. The molecule has 1 aliphatic rings. The molecule has 6 heteroatoms. The molecule has 2 rings (SSSR count). The van der Waals surface area contributed by atoms with Gasteiger partial charge in [0.1, 0.15) is 0 Å². The molecule has 1 aromatic rings. The molecule has 0 saturated carbocycles. The lowest BCUT2D eigenvalue weighted by atomic mass is 10.0. The van der Waals surface area contributed by atoms with Crippen LogP contribution in [0.15, 0.2) is 17.5 Å². The molecular weight excluding hydrogens is 276 g/mol. The van der Waals surface area contributed by atoms with Crippen LogP contribution < -0.4 is 5.73 Å². The molecule has 20 heavy (non-hydrogen) atoms. The number of morpholine rings is 1. The van der Waals surface area contributed by atoms with Crippen LogP contribution in [0.2, 0.25) is 0 Å². The predicted octanol–water partition coefficient (Wildman–Crippen LogP) is 0.994. The first-order valence-corrected chi connectivity index (χ1v) is 7.81. The number of aliphatic hydroxyl groups is 1. The molecule has 1 aromatic heterocycles. The molecule has 3 atom stereocenters. The summed E-state index contributed by atoms with van der Waals surface area (Å²) in [5.74, 6) is -0.131. The van der Waals surface area contributed by atoms with Crippen LogP contribution in [-0.4, -0.2) is 48.3 Å². The maximum atomic E-state index is 12.3. The summed E-state index contributed by atoms with van der Waals surface area (Å²) in [6.45, 7) is 3.78. The lowest BCUT2D eigenvalue weighted by Crippen LogP contribution is -2.51. The third-order valence-corrected chi connectivity index (χ3v) is 4.63. The summed E-state index contributed by atoms with van der Waals surface area (Å²) in [6.07, 6.45) is -0.0472. The molecule has 1 saturated heterocycles. The second kappa shape index (κ2) is 7.17. The van der Waals surface area contributed by atoms with E-state index in [2.05, 4.69) is 0 Å². The topological polar surface area (TPSA) is 75.8 Å². The summed E-state index contributed by atoms with van der Waals surface area (Å²) < 4.78 is 5.46. The average Bonchev–Trinajstić information content (AvgIpc) is 3.00. The molecule has 3 N–H and O–H groups in total. The number of hydrogen-bond donors (Lipinski definition) is 2. The van der Waals surface area contributed by atoms with E-state index < -0.39 is 6.10 Å². The van der Waals surface area contributed by atoms with Crippen LogP contribution in [0.1, 0.15) is 24.3 Å². The van der Waals surface area contributed by atoms with Crippen LogP contribution in [0, 0.1) is 5.92 Å². The van der Waals surface area contributed by atoms with Gasteiger partial charge in [0.25, 0.3) is 0 Å². The van der Waals surface area contributed by atoms with Crippen molar-refractivity contribution in [1.29, 1.82) is 0 Å². The standard InChI is InChI=1S/C14H22N2O3S/c1-10(8-15)14(18)16-4-5-19-9-11(16)7-12(17)13-3-2-6-20-13/h2-3,6,10-12,17H,4-5,7-9,15H2,1H3. The van der Waals surface area contributed by atoms with Gasteiger partial charge in [0.15, 0.2) is 0 Å². The van der Waals surface area contributed by atoms with Gasteiger partial charge in [0, 0.05) is 30.3 Å². The first-order valence-electron chi connectivity index (χ1n) is 6.93. The number of carbonyl (C=O) groups excluding carboxylic acids is 1. The number of rotatable bonds is 5. The summed E-state index contributed by atoms with van der Waals surface area (Å²) in [7, 11) is 0. The average molecular weight is 298 g/mol. The molecule has 3 unspecified atom stereocenters. The van der Waals surface area contributed by atoms with Crippen molar-refractivity contribution in [2.24, 2.45) is 11.7 Å². The van der Waals surface area contributed by atoms with Crippen molar-refractivity contribution in [1.82, 2.24) is 4.90 Å². The Morgan fingerprint density at radius 1 is 1.70 bits per heavy atom. The Kier molecular flexibility index (Phi) is 5.54. The highest BCUT2D eigenvalue weighted by molar-refractivity contribution is 7.10. The number of hydrogen-bond acceptors (Lipinski definition) is 5. The minimum Gasteiger partial charge on any atom is -0.387 e. The molecule has 2 heterocycles. The largest absolute Gasteiger partial charge is 0.387 e. The van der Waals surface area contributed by atoms with Gasteiger partial charge < -0.3 is 20.5 Å². The summed E-state index contributed by atoms with van der Waals surface area (Å²) in [6, 6.07) is 3.75. The third kappa shape index (κ3) is 3.58. The zero-order valence-electron chi connectivity index (χ0n) is 11.7. The second-order valence-electron chi connectivity index (χ2n) is 5.16. The number of nitrogens with zero attached hydrogens (tertiary/aromatic N) is 1. The molecule has 0 aliphatic carbocycles. The van der Waals surface area contributed by atoms with Gasteiger partial charge in [-0.1, -0.05) is 13.0 Å².